The molecule has 0 aliphatic carbocycles. The number of anilines is 2. The minimum absolute atomic E-state index is 0.498. The molecule has 7 rings (SSSR count). The molecule has 0 amide bonds. The number of pyridine rings is 1. The molecule has 2 aromatic heterocycles. The van der Waals surface area contributed by atoms with Crippen molar-refractivity contribution in [3.05, 3.63) is 89.7 Å². The van der Waals surface area contributed by atoms with Crippen molar-refractivity contribution in [3.8, 4) is 0 Å². The van der Waals surface area contributed by atoms with Gasteiger partial charge in [-0.3, -0.25) is 4.90 Å². The van der Waals surface area contributed by atoms with E-state index < -0.39 is 0 Å². The van der Waals surface area contributed by atoms with Gasteiger partial charge in [-0.05, 0) is 17.2 Å². The Labute approximate surface area is 229 Å². The van der Waals surface area contributed by atoms with Crippen molar-refractivity contribution in [1.29, 1.82) is 0 Å². The van der Waals surface area contributed by atoms with Crippen LogP contribution in [-0.2, 0) is 22.4 Å². The molecule has 8 heteroatoms. The fraction of sp³-hybridized carbons (Fsp3) is 0.387. The first-order chi connectivity index (χ1) is 19.3. The fourth-order valence-electron chi connectivity index (χ4n) is 5.74. The normalized spacial score (nSPS) is 18.4. The van der Waals surface area contributed by atoms with E-state index in [0.29, 0.717) is 12.1 Å². The van der Waals surface area contributed by atoms with Crippen LogP contribution in [0.1, 0.15) is 16.8 Å². The summed E-state index contributed by atoms with van der Waals surface area (Å²) in [6, 6.07) is 24.4. The Bertz CT molecular complexity index is 1390. The number of fused-ring (bicyclic) bond motifs is 1. The lowest BCUT2D eigenvalue weighted by Gasteiger charge is -2.45. The highest BCUT2D eigenvalue weighted by atomic mass is 16.5. The van der Waals surface area contributed by atoms with Gasteiger partial charge in [0, 0.05) is 56.1 Å². The summed E-state index contributed by atoms with van der Waals surface area (Å²) in [5, 5.41) is 11.8. The van der Waals surface area contributed by atoms with Crippen LogP contribution in [0.15, 0.2) is 72.9 Å². The van der Waals surface area contributed by atoms with Gasteiger partial charge in [0.25, 0.3) is 0 Å². The van der Waals surface area contributed by atoms with Crippen LogP contribution in [0.4, 0.5) is 11.6 Å². The third-order valence-corrected chi connectivity index (χ3v) is 8.22. The van der Waals surface area contributed by atoms with Crippen LogP contribution in [0.25, 0.3) is 10.8 Å². The van der Waals surface area contributed by atoms with Gasteiger partial charge in [0.05, 0.1) is 44.2 Å². The van der Waals surface area contributed by atoms with Crippen LogP contribution in [0.5, 0.6) is 0 Å². The lowest BCUT2D eigenvalue weighted by atomic mass is 10.0. The van der Waals surface area contributed by atoms with Gasteiger partial charge in [0.2, 0.25) is 0 Å². The topological polar surface area (TPSA) is 66.9 Å². The van der Waals surface area contributed by atoms with Crippen molar-refractivity contribution < 1.29 is 9.47 Å². The van der Waals surface area contributed by atoms with Gasteiger partial charge in [-0.25, -0.2) is 4.98 Å². The summed E-state index contributed by atoms with van der Waals surface area (Å²) in [4.78, 5) is 12.1. The molecule has 39 heavy (non-hydrogen) atoms. The van der Waals surface area contributed by atoms with Crippen LogP contribution in [-0.4, -0.2) is 84.8 Å². The summed E-state index contributed by atoms with van der Waals surface area (Å²) in [7, 11) is 0. The number of aromatic nitrogens is 3. The van der Waals surface area contributed by atoms with Crippen molar-refractivity contribution in [2.45, 2.75) is 25.0 Å². The predicted molar refractivity (Wildman–Crippen MR) is 152 cm³/mol. The Morgan fingerprint density at radius 3 is 2.00 bits per heavy atom. The number of benzene rings is 2. The molecule has 0 saturated carbocycles. The molecule has 3 saturated heterocycles. The quantitative estimate of drug-likeness (QED) is 0.348. The molecule has 5 heterocycles. The Morgan fingerprint density at radius 1 is 0.692 bits per heavy atom. The largest absolute Gasteiger partial charge is 0.378 e. The summed E-state index contributed by atoms with van der Waals surface area (Å²) < 4.78 is 10.9. The van der Waals surface area contributed by atoms with Crippen LogP contribution in [0.2, 0.25) is 0 Å². The SMILES string of the molecule is c1ccc(Cc2nnc(N3CCN(c4ccc(CN(C5COC5)C5COC5)cn4)CC3)c3ccccc23)cc1. The number of rotatable bonds is 8. The van der Waals surface area contributed by atoms with E-state index in [9.17, 15) is 0 Å². The first-order valence-corrected chi connectivity index (χ1v) is 14.0. The molecule has 3 fully saturated rings. The maximum atomic E-state index is 5.45. The highest BCUT2D eigenvalue weighted by molar-refractivity contribution is 5.93. The molecule has 0 N–H and O–H groups in total. The lowest BCUT2D eigenvalue weighted by molar-refractivity contribution is -0.140. The number of piperazine rings is 1. The van der Waals surface area contributed by atoms with E-state index in [1.165, 1.54) is 21.9 Å². The lowest BCUT2D eigenvalue weighted by Crippen LogP contribution is -2.58. The van der Waals surface area contributed by atoms with E-state index in [-0.39, 0.29) is 0 Å². The third-order valence-electron chi connectivity index (χ3n) is 8.22. The fourth-order valence-corrected chi connectivity index (χ4v) is 5.74. The molecule has 0 unspecified atom stereocenters. The van der Waals surface area contributed by atoms with Crippen molar-refractivity contribution in [2.24, 2.45) is 0 Å². The maximum Gasteiger partial charge on any atom is 0.159 e. The van der Waals surface area contributed by atoms with E-state index in [0.717, 1.165) is 82.9 Å². The van der Waals surface area contributed by atoms with Gasteiger partial charge < -0.3 is 19.3 Å². The van der Waals surface area contributed by atoms with Gasteiger partial charge in [0.15, 0.2) is 5.82 Å². The highest BCUT2D eigenvalue weighted by Crippen LogP contribution is 2.29. The summed E-state index contributed by atoms with van der Waals surface area (Å²) >= 11 is 0. The van der Waals surface area contributed by atoms with Gasteiger partial charge in [-0.2, -0.15) is 5.10 Å². The average Bonchev–Trinajstić information content (AvgIpc) is 2.93. The molecular formula is C31H34N6O2. The number of ether oxygens (including phenoxy) is 2. The van der Waals surface area contributed by atoms with Crippen LogP contribution >= 0.6 is 0 Å². The molecular weight excluding hydrogens is 488 g/mol. The summed E-state index contributed by atoms with van der Waals surface area (Å²) in [6.45, 7) is 7.76. The Balaban J connectivity index is 1.02. The second kappa shape index (κ2) is 10.9. The van der Waals surface area contributed by atoms with E-state index in [4.69, 9.17) is 24.7 Å². The molecule has 200 valence electrons. The zero-order valence-electron chi connectivity index (χ0n) is 22.2. The molecule has 3 aliphatic heterocycles. The molecule has 0 atom stereocenters. The highest BCUT2D eigenvalue weighted by Gasteiger charge is 2.35. The number of nitrogens with zero attached hydrogens (tertiary/aromatic N) is 6. The second-order valence-electron chi connectivity index (χ2n) is 10.7. The Morgan fingerprint density at radius 2 is 1.36 bits per heavy atom. The summed E-state index contributed by atoms with van der Waals surface area (Å²) in [5.74, 6) is 2.02. The zero-order valence-corrected chi connectivity index (χ0v) is 22.2. The number of hydrogen-bond donors (Lipinski definition) is 0. The zero-order chi connectivity index (χ0) is 26.0. The van der Waals surface area contributed by atoms with Crippen molar-refractivity contribution in [2.75, 3.05) is 62.4 Å². The van der Waals surface area contributed by atoms with Gasteiger partial charge in [-0.15, -0.1) is 5.10 Å². The van der Waals surface area contributed by atoms with Crippen molar-refractivity contribution in [3.63, 3.8) is 0 Å². The average molecular weight is 523 g/mol. The summed E-state index contributed by atoms with van der Waals surface area (Å²) in [6.07, 6.45) is 2.82. The molecule has 2 aromatic carbocycles. The summed E-state index contributed by atoms with van der Waals surface area (Å²) in [5.41, 5.74) is 3.52. The van der Waals surface area contributed by atoms with E-state index in [1.54, 1.807) is 0 Å². The van der Waals surface area contributed by atoms with E-state index in [1.807, 2.05) is 12.3 Å². The van der Waals surface area contributed by atoms with Crippen molar-refractivity contribution >= 4 is 22.4 Å². The Kier molecular flexibility index (Phi) is 6.82. The maximum absolute atomic E-state index is 5.45. The van der Waals surface area contributed by atoms with Gasteiger partial charge in [0.1, 0.15) is 5.82 Å². The first kappa shape index (κ1) is 24.5. The third kappa shape index (κ3) is 5.07. The first-order valence-electron chi connectivity index (χ1n) is 14.0. The molecule has 8 nitrogen and oxygen atoms in total. The predicted octanol–water partition coefficient (Wildman–Crippen LogP) is 3.54. The van der Waals surface area contributed by atoms with Crippen LogP contribution < -0.4 is 9.80 Å². The van der Waals surface area contributed by atoms with Gasteiger partial charge in [-0.1, -0.05) is 60.7 Å². The van der Waals surface area contributed by atoms with Crippen molar-refractivity contribution in [1.82, 2.24) is 20.1 Å². The molecule has 4 aromatic rings. The molecule has 3 aliphatic rings. The van der Waals surface area contributed by atoms with E-state index in [2.05, 4.69) is 75.4 Å². The van der Waals surface area contributed by atoms with Crippen LogP contribution in [0.3, 0.4) is 0 Å². The molecule has 0 bridgehead atoms. The minimum Gasteiger partial charge on any atom is -0.378 e. The standard InChI is InChI=1S/C31H34N6O2/c1-2-6-23(7-3-1)16-29-27-8-4-5-9-28(27)31(34-33-29)36-14-12-35(13-15-36)30-11-10-24(17-32-30)18-37(25-19-38-20-25)26-21-39-22-26/h1-11,17,25-26H,12-16,18-22H2. The molecule has 0 radical (unpaired) electrons. The van der Waals surface area contributed by atoms with Crippen LogP contribution in [0, 0.1) is 0 Å². The smallest absolute Gasteiger partial charge is 0.159 e. The molecule has 0 spiro atoms. The van der Waals surface area contributed by atoms with Gasteiger partial charge >= 0.3 is 0 Å². The second-order valence-corrected chi connectivity index (χ2v) is 10.7. The number of hydrogen-bond acceptors (Lipinski definition) is 8. The Hall–Kier alpha value is -3.59. The minimum atomic E-state index is 0.498. The monoisotopic (exact) mass is 522 g/mol. The van der Waals surface area contributed by atoms with E-state index >= 15 is 0 Å².